The summed E-state index contributed by atoms with van der Waals surface area (Å²) >= 11 is 1.79. The van der Waals surface area contributed by atoms with Crippen molar-refractivity contribution < 1.29 is 0 Å². The molecule has 5 heteroatoms. The van der Waals surface area contributed by atoms with Crippen molar-refractivity contribution in [2.24, 2.45) is 0 Å². The highest BCUT2D eigenvalue weighted by Gasteiger charge is 2.30. The van der Waals surface area contributed by atoms with E-state index in [2.05, 4.69) is 41.2 Å². The normalized spacial score (nSPS) is 14.8. The first-order valence-corrected chi connectivity index (χ1v) is 7.95. The Labute approximate surface area is 123 Å². The number of nitrogens with zero attached hydrogens (tertiary/aromatic N) is 3. The van der Waals surface area contributed by atoms with Gasteiger partial charge in [0.15, 0.2) is 0 Å². The van der Waals surface area contributed by atoms with Crippen molar-refractivity contribution in [3.8, 4) is 0 Å². The van der Waals surface area contributed by atoms with Crippen molar-refractivity contribution in [1.29, 1.82) is 0 Å². The summed E-state index contributed by atoms with van der Waals surface area (Å²) in [5.74, 6) is 2.66. The Morgan fingerprint density at radius 2 is 2.20 bits per heavy atom. The van der Waals surface area contributed by atoms with Gasteiger partial charge in [-0.2, -0.15) is 0 Å². The monoisotopic (exact) mass is 288 g/mol. The third-order valence-corrected chi connectivity index (χ3v) is 4.32. The van der Waals surface area contributed by atoms with Gasteiger partial charge in [-0.15, -0.1) is 11.3 Å². The van der Waals surface area contributed by atoms with E-state index in [1.807, 2.05) is 6.07 Å². The molecule has 4 nitrogen and oxygen atoms in total. The molecule has 2 heterocycles. The van der Waals surface area contributed by atoms with Crippen LogP contribution in [0.2, 0.25) is 0 Å². The van der Waals surface area contributed by atoms with Crippen molar-refractivity contribution in [2.75, 3.05) is 10.6 Å². The predicted octanol–water partition coefficient (Wildman–Crippen LogP) is 3.41. The van der Waals surface area contributed by atoms with E-state index in [0.29, 0.717) is 17.8 Å². The molecular weight excluding hydrogens is 268 g/mol. The van der Waals surface area contributed by atoms with Gasteiger partial charge in [0.05, 0.1) is 6.54 Å². The molecule has 2 N–H and O–H groups in total. The molecule has 2 aromatic rings. The minimum absolute atomic E-state index is 0.292. The van der Waals surface area contributed by atoms with Crippen molar-refractivity contribution in [3.05, 3.63) is 34.3 Å². The summed E-state index contributed by atoms with van der Waals surface area (Å²) < 4.78 is 0. The first-order chi connectivity index (χ1) is 9.63. The summed E-state index contributed by atoms with van der Waals surface area (Å²) in [5.41, 5.74) is 5.95. The number of hydrogen-bond donors (Lipinski definition) is 1. The van der Waals surface area contributed by atoms with Gasteiger partial charge in [0.25, 0.3) is 0 Å². The van der Waals surface area contributed by atoms with E-state index >= 15 is 0 Å². The third kappa shape index (κ3) is 2.93. The molecule has 0 aromatic carbocycles. The van der Waals surface area contributed by atoms with E-state index in [1.165, 1.54) is 17.7 Å². The van der Waals surface area contributed by atoms with Crippen molar-refractivity contribution in [1.82, 2.24) is 9.97 Å². The van der Waals surface area contributed by atoms with Gasteiger partial charge in [0.1, 0.15) is 17.5 Å². The van der Waals surface area contributed by atoms with Crippen LogP contribution < -0.4 is 10.6 Å². The minimum atomic E-state index is 0.292. The Bertz CT molecular complexity index is 576. The summed E-state index contributed by atoms with van der Waals surface area (Å²) in [6.45, 7) is 5.11. The predicted molar refractivity (Wildman–Crippen MR) is 84.1 cm³/mol. The summed E-state index contributed by atoms with van der Waals surface area (Å²) in [6, 6.07) is 6.77. The van der Waals surface area contributed by atoms with E-state index in [0.717, 1.165) is 18.2 Å². The largest absolute Gasteiger partial charge is 0.384 e. The van der Waals surface area contributed by atoms with Crippen LogP contribution in [-0.2, 0) is 6.54 Å². The maximum absolute atomic E-state index is 5.95. The Balaban J connectivity index is 1.91. The lowest BCUT2D eigenvalue weighted by Gasteiger charge is -2.24. The molecule has 0 atom stereocenters. The zero-order valence-electron chi connectivity index (χ0n) is 11.9. The maximum atomic E-state index is 5.95. The topological polar surface area (TPSA) is 55.0 Å². The molecule has 1 aliphatic rings. The van der Waals surface area contributed by atoms with Crippen LogP contribution in [0, 0.1) is 0 Å². The number of nitrogens with two attached hydrogens (primary N) is 1. The summed E-state index contributed by atoms with van der Waals surface area (Å²) in [6.07, 6.45) is 2.48. The first kappa shape index (κ1) is 13.4. The standard InChI is InChI=1S/C15H20N4S/c1-10(2)15-17-13(16)8-14(18-15)19(11-5-6-11)9-12-4-3-7-20-12/h3-4,7-8,10-11H,5-6,9H2,1-2H3,(H2,16,17,18). The molecule has 0 radical (unpaired) electrons. The fourth-order valence-electron chi connectivity index (χ4n) is 2.23. The SMILES string of the molecule is CC(C)c1nc(N)cc(N(Cc2cccs2)C2CC2)n1. The van der Waals surface area contributed by atoms with Crippen molar-refractivity contribution in [2.45, 2.75) is 45.2 Å². The van der Waals surface area contributed by atoms with Gasteiger partial charge < -0.3 is 10.6 Å². The highest BCUT2D eigenvalue weighted by atomic mass is 32.1. The number of rotatable bonds is 5. The Kier molecular flexibility index (Phi) is 3.61. The average Bonchev–Trinajstić information content (AvgIpc) is 3.12. The van der Waals surface area contributed by atoms with Gasteiger partial charge in [-0.1, -0.05) is 19.9 Å². The van der Waals surface area contributed by atoms with Crippen LogP contribution in [0.1, 0.15) is 43.3 Å². The molecule has 2 aromatic heterocycles. The van der Waals surface area contributed by atoms with Gasteiger partial charge in [0.2, 0.25) is 0 Å². The number of nitrogen functional groups attached to an aromatic ring is 1. The first-order valence-electron chi connectivity index (χ1n) is 7.07. The van der Waals surface area contributed by atoms with Crippen molar-refractivity contribution >= 4 is 23.0 Å². The summed E-state index contributed by atoms with van der Waals surface area (Å²) in [4.78, 5) is 12.8. The molecule has 1 saturated carbocycles. The number of hydrogen-bond acceptors (Lipinski definition) is 5. The van der Waals surface area contributed by atoms with Crippen LogP contribution in [0.25, 0.3) is 0 Å². The highest BCUT2D eigenvalue weighted by molar-refractivity contribution is 7.09. The fourth-order valence-corrected chi connectivity index (χ4v) is 2.93. The average molecular weight is 288 g/mol. The molecule has 20 heavy (non-hydrogen) atoms. The van der Waals surface area contributed by atoms with Crippen LogP contribution in [0.3, 0.4) is 0 Å². The lowest BCUT2D eigenvalue weighted by molar-refractivity contribution is 0.740. The summed E-state index contributed by atoms with van der Waals surface area (Å²) in [5, 5.41) is 2.12. The molecule has 0 aliphatic heterocycles. The zero-order valence-corrected chi connectivity index (χ0v) is 12.7. The number of anilines is 2. The van der Waals surface area contributed by atoms with Crippen LogP contribution in [0.4, 0.5) is 11.6 Å². The van der Waals surface area contributed by atoms with Crippen LogP contribution in [0.5, 0.6) is 0 Å². The molecule has 0 unspecified atom stereocenters. The Hall–Kier alpha value is -1.62. The van der Waals surface area contributed by atoms with E-state index in [9.17, 15) is 0 Å². The highest BCUT2D eigenvalue weighted by Crippen LogP contribution is 2.33. The molecule has 1 aliphatic carbocycles. The van der Waals surface area contributed by atoms with Crippen molar-refractivity contribution in [3.63, 3.8) is 0 Å². The molecule has 106 valence electrons. The number of thiophene rings is 1. The second-order valence-corrected chi connectivity index (χ2v) is 6.63. The van der Waals surface area contributed by atoms with E-state index in [-0.39, 0.29) is 0 Å². The quantitative estimate of drug-likeness (QED) is 0.916. The molecular formula is C15H20N4S. The Morgan fingerprint density at radius 1 is 1.40 bits per heavy atom. The van der Waals surface area contributed by atoms with Gasteiger partial charge in [-0.05, 0) is 24.3 Å². The smallest absolute Gasteiger partial charge is 0.135 e. The van der Waals surface area contributed by atoms with Gasteiger partial charge in [-0.3, -0.25) is 0 Å². The van der Waals surface area contributed by atoms with Gasteiger partial charge in [0, 0.05) is 22.9 Å². The second-order valence-electron chi connectivity index (χ2n) is 5.60. The van der Waals surface area contributed by atoms with Gasteiger partial charge >= 0.3 is 0 Å². The van der Waals surface area contributed by atoms with Crippen LogP contribution in [-0.4, -0.2) is 16.0 Å². The maximum Gasteiger partial charge on any atom is 0.135 e. The Morgan fingerprint density at radius 3 is 2.80 bits per heavy atom. The van der Waals surface area contributed by atoms with E-state index < -0.39 is 0 Å². The third-order valence-electron chi connectivity index (χ3n) is 3.45. The molecule has 0 spiro atoms. The number of aromatic nitrogens is 2. The van der Waals surface area contributed by atoms with Crippen LogP contribution >= 0.6 is 11.3 Å². The summed E-state index contributed by atoms with van der Waals surface area (Å²) in [7, 11) is 0. The molecule has 3 rings (SSSR count). The zero-order chi connectivity index (χ0) is 14.1. The molecule has 0 saturated heterocycles. The molecule has 0 amide bonds. The van der Waals surface area contributed by atoms with E-state index in [1.54, 1.807) is 11.3 Å². The lowest BCUT2D eigenvalue weighted by atomic mass is 10.2. The fraction of sp³-hybridized carbons (Fsp3) is 0.467. The van der Waals surface area contributed by atoms with Crippen LogP contribution in [0.15, 0.2) is 23.6 Å². The minimum Gasteiger partial charge on any atom is -0.384 e. The lowest BCUT2D eigenvalue weighted by Crippen LogP contribution is -2.26. The van der Waals surface area contributed by atoms with Gasteiger partial charge in [-0.25, -0.2) is 9.97 Å². The molecule has 1 fully saturated rings. The van der Waals surface area contributed by atoms with E-state index in [4.69, 9.17) is 10.7 Å². The molecule has 0 bridgehead atoms. The second kappa shape index (κ2) is 5.40.